The number of hydrogen-bond acceptors (Lipinski definition) is 4. The van der Waals surface area contributed by atoms with Crippen LogP contribution in [-0.4, -0.2) is 12.2 Å². The van der Waals surface area contributed by atoms with Crippen LogP contribution in [0.15, 0.2) is 42.5 Å². The summed E-state index contributed by atoms with van der Waals surface area (Å²) in [5.74, 6) is -1.67. The molecule has 0 spiro atoms. The average molecular weight is 481 g/mol. The molecule has 0 aliphatic heterocycles. The van der Waals surface area contributed by atoms with Gasteiger partial charge in [0.15, 0.2) is 11.6 Å². The summed E-state index contributed by atoms with van der Waals surface area (Å²) >= 11 is 1.57. The van der Waals surface area contributed by atoms with E-state index in [9.17, 15) is 13.3 Å². The molecular formula is C25H31F2O3PS. The topological polar surface area (TPSA) is 35.5 Å². The zero-order valence-corrected chi connectivity index (χ0v) is 21.1. The van der Waals surface area contributed by atoms with E-state index in [1.165, 1.54) is 12.1 Å². The second-order valence-corrected chi connectivity index (χ2v) is 12.1. The van der Waals surface area contributed by atoms with Gasteiger partial charge in [0.2, 0.25) is 0 Å². The van der Waals surface area contributed by atoms with Gasteiger partial charge in [-0.25, -0.2) is 8.78 Å². The molecule has 0 amide bonds. The zero-order valence-electron chi connectivity index (χ0n) is 19.4. The highest BCUT2D eigenvalue weighted by Gasteiger charge is 2.42. The molecule has 1 atom stereocenters. The van der Waals surface area contributed by atoms with Gasteiger partial charge in [0.05, 0.1) is 17.9 Å². The van der Waals surface area contributed by atoms with E-state index >= 15 is 0 Å². The molecule has 0 aliphatic rings. The third-order valence-corrected chi connectivity index (χ3v) is 9.16. The molecule has 0 N–H and O–H groups in total. The van der Waals surface area contributed by atoms with Crippen molar-refractivity contribution in [2.24, 2.45) is 0 Å². The fourth-order valence-electron chi connectivity index (χ4n) is 3.92. The Labute approximate surface area is 193 Å². The van der Waals surface area contributed by atoms with Crippen molar-refractivity contribution in [3.8, 4) is 0 Å². The van der Waals surface area contributed by atoms with E-state index < -0.39 is 24.9 Å². The van der Waals surface area contributed by atoms with E-state index in [1.807, 2.05) is 45.9 Å². The second-order valence-electron chi connectivity index (χ2n) is 8.85. The van der Waals surface area contributed by atoms with Gasteiger partial charge in [0.1, 0.15) is 0 Å². The van der Waals surface area contributed by atoms with Crippen LogP contribution in [0.5, 0.6) is 0 Å². The van der Waals surface area contributed by atoms with E-state index in [0.717, 1.165) is 26.6 Å². The van der Waals surface area contributed by atoms with Crippen molar-refractivity contribution in [2.45, 2.75) is 71.7 Å². The molecule has 0 saturated heterocycles. The molecule has 3 aromatic rings. The molecule has 3 nitrogen and oxygen atoms in total. The molecule has 2 aromatic carbocycles. The van der Waals surface area contributed by atoms with Crippen LogP contribution in [0.3, 0.4) is 0 Å². The van der Waals surface area contributed by atoms with Crippen LogP contribution in [0.1, 0.15) is 69.1 Å². The lowest BCUT2D eigenvalue weighted by Gasteiger charge is -2.30. The van der Waals surface area contributed by atoms with E-state index in [0.29, 0.717) is 5.56 Å². The van der Waals surface area contributed by atoms with Crippen molar-refractivity contribution in [3.63, 3.8) is 0 Å². The summed E-state index contributed by atoms with van der Waals surface area (Å²) in [6, 6.07) is 11.9. The third kappa shape index (κ3) is 5.48. The quantitative estimate of drug-likeness (QED) is 0.288. The summed E-state index contributed by atoms with van der Waals surface area (Å²) in [5.41, 5.74) is 0.992. The Balaban J connectivity index is 2.24. The maximum absolute atomic E-state index is 14.3. The zero-order chi connectivity index (χ0) is 23.6. The first kappa shape index (κ1) is 25.0. The molecule has 0 fully saturated rings. The fourth-order valence-corrected chi connectivity index (χ4v) is 8.20. The van der Waals surface area contributed by atoms with E-state index in [4.69, 9.17) is 9.05 Å². The molecule has 1 aromatic heterocycles. The Morgan fingerprint density at radius 1 is 0.906 bits per heavy atom. The molecule has 1 heterocycles. The highest BCUT2D eigenvalue weighted by atomic mass is 32.1. The van der Waals surface area contributed by atoms with Crippen molar-refractivity contribution in [2.75, 3.05) is 0 Å². The smallest absolute Gasteiger partial charge is 0.305 e. The third-order valence-electron chi connectivity index (χ3n) is 5.05. The number of hydrogen-bond donors (Lipinski definition) is 0. The lowest BCUT2D eigenvalue weighted by atomic mass is 9.96. The second kappa shape index (κ2) is 10.1. The maximum Gasteiger partial charge on any atom is 0.339 e. The van der Waals surface area contributed by atoms with Gasteiger partial charge in [-0.1, -0.05) is 38.1 Å². The van der Waals surface area contributed by atoms with Crippen LogP contribution in [0, 0.1) is 11.6 Å². The summed E-state index contributed by atoms with van der Waals surface area (Å²) in [5, 5.41) is 1.11. The van der Waals surface area contributed by atoms with Gasteiger partial charge in [0, 0.05) is 9.58 Å². The maximum atomic E-state index is 14.3. The summed E-state index contributed by atoms with van der Waals surface area (Å²) in [6.07, 6.45) is -0.451. The minimum absolute atomic E-state index is 0.167. The standard InChI is InChI=1S/C25H31F2O3PS/c1-15(2)24-19-9-7-8-10-23(19)32-25(24)22(14-18-11-12-20(26)21(27)13-18)31(28,29-16(3)4)30-17(5)6/h7-13,15-17,22H,14H2,1-6H3. The van der Waals surface area contributed by atoms with E-state index in [2.05, 4.69) is 19.9 Å². The molecular weight excluding hydrogens is 449 g/mol. The largest absolute Gasteiger partial charge is 0.339 e. The van der Waals surface area contributed by atoms with Crippen molar-refractivity contribution >= 4 is 29.0 Å². The van der Waals surface area contributed by atoms with Gasteiger partial charge in [-0.15, -0.1) is 11.3 Å². The lowest BCUT2D eigenvalue weighted by Crippen LogP contribution is -2.16. The van der Waals surface area contributed by atoms with Gasteiger partial charge < -0.3 is 9.05 Å². The molecule has 32 heavy (non-hydrogen) atoms. The highest BCUT2D eigenvalue weighted by molar-refractivity contribution is 7.54. The molecule has 174 valence electrons. The minimum atomic E-state index is -3.68. The molecule has 1 unspecified atom stereocenters. The Morgan fingerprint density at radius 3 is 2.09 bits per heavy atom. The first-order valence-electron chi connectivity index (χ1n) is 10.9. The Morgan fingerprint density at radius 2 is 1.53 bits per heavy atom. The first-order valence-corrected chi connectivity index (χ1v) is 13.4. The van der Waals surface area contributed by atoms with Crippen LogP contribution in [0.2, 0.25) is 0 Å². The van der Waals surface area contributed by atoms with Crippen molar-refractivity contribution in [1.29, 1.82) is 0 Å². The number of thiophene rings is 1. The van der Waals surface area contributed by atoms with E-state index in [1.54, 1.807) is 11.3 Å². The number of benzene rings is 2. The Bertz CT molecular complexity index is 1110. The van der Waals surface area contributed by atoms with E-state index in [-0.39, 0.29) is 24.5 Å². The fraction of sp³-hybridized carbons (Fsp3) is 0.440. The first-order chi connectivity index (χ1) is 15.0. The van der Waals surface area contributed by atoms with Crippen LogP contribution in [-0.2, 0) is 20.0 Å². The number of fused-ring (bicyclic) bond motifs is 1. The predicted molar refractivity (Wildman–Crippen MR) is 129 cm³/mol. The average Bonchev–Trinajstić information content (AvgIpc) is 3.06. The monoisotopic (exact) mass is 480 g/mol. The molecule has 0 bridgehead atoms. The van der Waals surface area contributed by atoms with Gasteiger partial charge in [0.25, 0.3) is 0 Å². The van der Waals surface area contributed by atoms with Crippen LogP contribution in [0.4, 0.5) is 8.78 Å². The van der Waals surface area contributed by atoms with Gasteiger partial charge in [-0.2, -0.15) is 0 Å². The minimum Gasteiger partial charge on any atom is -0.305 e. The van der Waals surface area contributed by atoms with Gasteiger partial charge in [-0.05, 0) is 74.7 Å². The van der Waals surface area contributed by atoms with Crippen molar-refractivity contribution in [3.05, 3.63) is 70.1 Å². The lowest BCUT2D eigenvalue weighted by molar-refractivity contribution is 0.136. The van der Waals surface area contributed by atoms with Gasteiger partial charge >= 0.3 is 7.60 Å². The van der Waals surface area contributed by atoms with Crippen molar-refractivity contribution < 1.29 is 22.4 Å². The molecule has 3 rings (SSSR count). The summed E-state index contributed by atoms with van der Waals surface area (Å²) in [7, 11) is -3.68. The highest BCUT2D eigenvalue weighted by Crippen LogP contribution is 2.65. The van der Waals surface area contributed by atoms with Crippen molar-refractivity contribution in [1.82, 2.24) is 0 Å². The molecule has 0 aliphatic carbocycles. The van der Waals surface area contributed by atoms with Crippen LogP contribution >= 0.6 is 18.9 Å². The summed E-state index contributed by atoms with van der Waals surface area (Å²) in [4.78, 5) is 0.913. The number of halogens is 2. The van der Waals surface area contributed by atoms with Gasteiger partial charge in [-0.3, -0.25) is 4.57 Å². The molecule has 0 saturated carbocycles. The Kier molecular flexibility index (Phi) is 7.93. The SMILES string of the molecule is CC(C)OP(=O)(OC(C)C)C(Cc1ccc(F)c(F)c1)c1sc2ccccc2c1C(C)C. The molecule has 7 heteroatoms. The summed E-state index contributed by atoms with van der Waals surface area (Å²) in [6.45, 7) is 11.5. The number of rotatable bonds is 9. The van der Waals surface area contributed by atoms with Crippen LogP contribution < -0.4 is 0 Å². The Hall–Kier alpha value is -1.59. The normalized spacial score (nSPS) is 13.6. The molecule has 0 radical (unpaired) electrons. The van der Waals surface area contributed by atoms with Crippen LogP contribution in [0.25, 0.3) is 10.1 Å². The summed E-state index contributed by atoms with van der Waals surface area (Å²) < 4.78 is 55.0. The predicted octanol–water partition coefficient (Wildman–Crippen LogP) is 8.63.